The van der Waals surface area contributed by atoms with Crippen LogP contribution in [0.1, 0.15) is 193 Å². The fourth-order valence-electron chi connectivity index (χ4n) is 7.39. The number of carbonyl (C=O) groups is 2. The molecule has 17 nitrogen and oxygen atoms in total. The third-order valence-corrected chi connectivity index (χ3v) is 12.5. The van der Waals surface area contributed by atoms with Crippen LogP contribution in [0.2, 0.25) is 0 Å². The Morgan fingerprint density at radius 2 is 0.885 bits per heavy atom. The van der Waals surface area contributed by atoms with Crippen molar-refractivity contribution >= 4 is 27.6 Å². The summed E-state index contributed by atoms with van der Waals surface area (Å²) < 4.78 is 49.3. The highest BCUT2D eigenvalue weighted by Crippen LogP contribution is 2.49. The van der Waals surface area contributed by atoms with E-state index in [9.17, 15) is 44.0 Å². The molecule has 0 radical (unpaired) electrons. The van der Waals surface area contributed by atoms with E-state index in [1.165, 1.54) is 103 Å². The lowest BCUT2D eigenvalue weighted by Crippen LogP contribution is -2.64. The number of hydrogen-bond donors (Lipinski definition) is 8. The number of aliphatic hydroxyl groups excluding tert-OH is 4. The van der Waals surface area contributed by atoms with Gasteiger partial charge in [-0.3, -0.25) is 23.2 Å². The van der Waals surface area contributed by atoms with Gasteiger partial charge >= 0.3 is 27.6 Å². The zero-order chi connectivity index (χ0) is 45.4. The number of nitrogens with two attached hydrogens (primary N) is 1. The smallest absolute Gasteiger partial charge is 0.462 e. The molecular weight excluding hydrogens is 836 g/mol. The second-order valence-corrected chi connectivity index (χ2v) is 19.2. The van der Waals surface area contributed by atoms with Gasteiger partial charge in [0.05, 0.1) is 6.61 Å². The molecule has 19 heteroatoms. The van der Waals surface area contributed by atoms with Crippen LogP contribution in [0.5, 0.6) is 0 Å². The molecule has 8 atom stereocenters. The first-order chi connectivity index (χ1) is 29.1. The van der Waals surface area contributed by atoms with Crippen LogP contribution in [0.4, 0.5) is 0 Å². The summed E-state index contributed by atoms with van der Waals surface area (Å²) in [6.07, 6.45) is 15.8. The molecule has 1 aliphatic carbocycles. The van der Waals surface area contributed by atoms with Gasteiger partial charge in [-0.05, 0) is 25.8 Å². The molecule has 0 aromatic carbocycles. The molecule has 9 N–H and O–H groups in total. The Balaban J connectivity index is 2.58. The quantitative estimate of drug-likeness (QED) is 0.0172. The molecule has 0 bridgehead atoms. The van der Waals surface area contributed by atoms with Gasteiger partial charge < -0.3 is 50.3 Å². The highest BCUT2D eigenvalue weighted by atomic mass is 31.2. The van der Waals surface area contributed by atoms with Crippen molar-refractivity contribution in [2.45, 2.75) is 236 Å². The molecule has 1 aliphatic rings. The van der Waals surface area contributed by atoms with Crippen molar-refractivity contribution in [3.05, 3.63) is 0 Å². The second-order valence-electron chi connectivity index (χ2n) is 16.6. The van der Waals surface area contributed by atoms with Crippen molar-refractivity contribution < 1.29 is 76.9 Å². The van der Waals surface area contributed by atoms with Crippen molar-refractivity contribution in [3.8, 4) is 0 Å². The molecule has 61 heavy (non-hydrogen) atoms. The number of aliphatic hydroxyl groups is 4. The van der Waals surface area contributed by atoms with Crippen LogP contribution in [-0.4, -0.2) is 110 Å². The number of hydrogen-bond acceptors (Lipinski definition) is 14. The van der Waals surface area contributed by atoms with E-state index in [2.05, 4.69) is 11.4 Å². The lowest BCUT2D eigenvalue weighted by Gasteiger charge is -2.43. The Labute approximate surface area is 365 Å². The summed E-state index contributed by atoms with van der Waals surface area (Å²) in [5.74, 6) is -1.20. The standard InChI is InChI=1S/C42H83NO16P2/c1-2-3-4-5-6-7-8-11-15-18-21-24-27-30-36(45)57-34(32-55-35(44)29-26-23-20-17-14-12-9-10-13-16-19-22-25-28-31-43)33-56-61(53,54)59-42-39(48)37(46)38(47)41(40(42)49)58-60(50,51)52/h34,37-42,46-49H,2-33,43H2,1H3,(H,53,54)(H2,50,51,52)/t34-,37-,38?,39-,40?,41+,42?/m1/s1. The van der Waals surface area contributed by atoms with Crippen LogP contribution in [-0.2, 0) is 41.8 Å². The first kappa shape index (κ1) is 58.0. The van der Waals surface area contributed by atoms with Gasteiger partial charge in [-0.2, -0.15) is 0 Å². The molecule has 1 fully saturated rings. The van der Waals surface area contributed by atoms with Gasteiger partial charge in [0.2, 0.25) is 0 Å². The highest BCUT2D eigenvalue weighted by Gasteiger charge is 2.54. The number of phosphoric acid groups is 2. The largest absolute Gasteiger partial charge is 0.472 e. The van der Waals surface area contributed by atoms with Crippen molar-refractivity contribution in [2.75, 3.05) is 19.8 Å². The summed E-state index contributed by atoms with van der Waals surface area (Å²) in [5, 5.41) is 41.2. The number of ether oxygens (including phenoxy) is 2. The minimum Gasteiger partial charge on any atom is -0.462 e. The van der Waals surface area contributed by atoms with Gasteiger partial charge in [-0.25, -0.2) is 9.13 Å². The van der Waals surface area contributed by atoms with E-state index in [0.29, 0.717) is 12.8 Å². The Hall–Kier alpha value is -1.04. The predicted octanol–water partition coefficient (Wildman–Crippen LogP) is 7.17. The molecule has 1 rings (SSSR count). The molecule has 0 saturated heterocycles. The van der Waals surface area contributed by atoms with Crippen molar-refractivity contribution in [3.63, 3.8) is 0 Å². The van der Waals surface area contributed by atoms with Crippen molar-refractivity contribution in [1.82, 2.24) is 0 Å². The summed E-state index contributed by atoms with van der Waals surface area (Å²) in [6, 6.07) is 0. The molecule has 0 spiro atoms. The van der Waals surface area contributed by atoms with E-state index in [4.69, 9.17) is 34.0 Å². The number of phosphoric ester groups is 2. The maximum atomic E-state index is 13.0. The Kier molecular flexibility index (Phi) is 33.5. The Morgan fingerprint density at radius 1 is 0.508 bits per heavy atom. The first-order valence-corrected chi connectivity index (χ1v) is 26.3. The maximum absolute atomic E-state index is 13.0. The van der Waals surface area contributed by atoms with Crippen LogP contribution < -0.4 is 5.73 Å². The Bertz CT molecular complexity index is 1210. The lowest BCUT2D eigenvalue weighted by atomic mass is 9.85. The van der Waals surface area contributed by atoms with Gasteiger partial charge in [0, 0.05) is 12.8 Å². The third-order valence-electron chi connectivity index (χ3n) is 11.0. The van der Waals surface area contributed by atoms with Crippen molar-refractivity contribution in [2.24, 2.45) is 5.73 Å². The van der Waals surface area contributed by atoms with Crippen LogP contribution in [0, 0.1) is 0 Å². The van der Waals surface area contributed by atoms with Gasteiger partial charge in [0.1, 0.15) is 43.2 Å². The number of esters is 2. The number of rotatable bonds is 40. The minimum absolute atomic E-state index is 0.0484. The average Bonchev–Trinajstić information content (AvgIpc) is 3.21. The van der Waals surface area contributed by atoms with Crippen LogP contribution in [0.25, 0.3) is 0 Å². The normalized spacial score (nSPS) is 22.2. The summed E-state index contributed by atoms with van der Waals surface area (Å²) in [4.78, 5) is 54.2. The van der Waals surface area contributed by atoms with E-state index in [1.54, 1.807) is 0 Å². The molecule has 0 aromatic rings. The topological polar surface area (TPSA) is 282 Å². The fraction of sp³-hybridized carbons (Fsp3) is 0.952. The molecular formula is C42H83NO16P2. The molecule has 0 amide bonds. The molecule has 0 aromatic heterocycles. The number of unbranched alkanes of at least 4 members (excludes halogenated alkanes) is 25. The zero-order valence-corrected chi connectivity index (χ0v) is 38.7. The summed E-state index contributed by atoms with van der Waals surface area (Å²) in [6.45, 7) is 1.65. The minimum atomic E-state index is -5.36. The van der Waals surface area contributed by atoms with Crippen molar-refractivity contribution in [1.29, 1.82) is 0 Å². The zero-order valence-electron chi connectivity index (χ0n) is 36.9. The Morgan fingerprint density at radius 3 is 1.30 bits per heavy atom. The summed E-state index contributed by atoms with van der Waals surface area (Å²) >= 11 is 0. The van der Waals surface area contributed by atoms with Gasteiger partial charge in [-0.15, -0.1) is 0 Å². The van der Waals surface area contributed by atoms with E-state index < -0.39 is 83.5 Å². The SMILES string of the molecule is CCCCCCCCCCCCCCCC(=O)O[C@H](COC(=O)CCCCCCCCCCCCCCCCN)COP(=O)(O)OC1C(O)[C@@H](OP(=O)(O)O)C(O)[C@@H](O)[C@H]1O. The van der Waals surface area contributed by atoms with E-state index in [1.807, 2.05) is 0 Å². The van der Waals surface area contributed by atoms with Gasteiger partial charge in [-0.1, -0.05) is 161 Å². The predicted molar refractivity (Wildman–Crippen MR) is 231 cm³/mol. The monoisotopic (exact) mass is 920 g/mol. The average molecular weight is 920 g/mol. The molecule has 1 saturated carbocycles. The van der Waals surface area contributed by atoms with Gasteiger partial charge in [0.15, 0.2) is 6.10 Å². The first-order valence-electron chi connectivity index (χ1n) is 23.3. The van der Waals surface area contributed by atoms with Crippen LogP contribution >= 0.6 is 15.6 Å². The van der Waals surface area contributed by atoms with E-state index >= 15 is 0 Å². The van der Waals surface area contributed by atoms with Crippen LogP contribution in [0.3, 0.4) is 0 Å². The van der Waals surface area contributed by atoms with Gasteiger partial charge in [0.25, 0.3) is 0 Å². The number of carbonyl (C=O) groups excluding carboxylic acids is 2. The maximum Gasteiger partial charge on any atom is 0.472 e. The van der Waals surface area contributed by atoms with E-state index in [-0.39, 0.29) is 12.8 Å². The fourth-order valence-corrected chi connectivity index (χ4v) is 8.93. The molecule has 362 valence electrons. The molecule has 0 heterocycles. The molecule has 0 aliphatic heterocycles. The lowest BCUT2D eigenvalue weighted by molar-refractivity contribution is -0.216. The van der Waals surface area contributed by atoms with Crippen LogP contribution in [0.15, 0.2) is 0 Å². The summed E-state index contributed by atoms with van der Waals surface area (Å²) in [7, 11) is -10.7. The van der Waals surface area contributed by atoms with E-state index in [0.717, 1.165) is 64.3 Å². The second kappa shape index (κ2) is 35.2. The third kappa shape index (κ3) is 29.9. The highest BCUT2D eigenvalue weighted by molar-refractivity contribution is 7.47. The molecule has 4 unspecified atom stereocenters. The summed E-state index contributed by atoms with van der Waals surface area (Å²) in [5.41, 5.74) is 5.54.